The third-order valence-electron chi connectivity index (χ3n) is 1.85. The van der Waals surface area contributed by atoms with E-state index in [1.807, 2.05) is 0 Å². The summed E-state index contributed by atoms with van der Waals surface area (Å²) >= 11 is 1.74. The van der Waals surface area contributed by atoms with Crippen molar-refractivity contribution < 1.29 is 14.9 Å². The van der Waals surface area contributed by atoms with Crippen LogP contribution in [0.2, 0.25) is 0 Å². The Bertz CT molecular complexity index is 140. The molecule has 0 radical (unpaired) electrons. The van der Waals surface area contributed by atoms with Crippen molar-refractivity contribution in [1.82, 2.24) is 0 Å². The molecule has 0 aromatic carbocycles. The number of hydrogen-bond donors (Lipinski definition) is 2. The van der Waals surface area contributed by atoms with Crippen molar-refractivity contribution in [1.29, 1.82) is 0 Å². The van der Waals surface area contributed by atoms with Crippen LogP contribution in [0.5, 0.6) is 0 Å². The molecule has 2 N–H and O–H groups in total. The van der Waals surface area contributed by atoms with Crippen LogP contribution in [0, 0.1) is 0 Å². The summed E-state index contributed by atoms with van der Waals surface area (Å²) in [5.74, 6) is 0.760. The monoisotopic (exact) mass is 192 g/mol. The Hall–Kier alpha value is 0.230. The quantitative estimate of drug-likeness (QED) is 0.673. The average molecular weight is 192 g/mol. The van der Waals surface area contributed by atoms with Gasteiger partial charge >= 0.3 is 0 Å². The van der Waals surface area contributed by atoms with E-state index in [2.05, 4.69) is 13.8 Å². The van der Waals surface area contributed by atoms with Gasteiger partial charge in [-0.15, -0.1) is 0 Å². The van der Waals surface area contributed by atoms with E-state index in [-0.39, 0.29) is 12.7 Å². The van der Waals surface area contributed by atoms with Crippen LogP contribution < -0.4 is 0 Å². The number of aliphatic hydroxyl groups excluding tert-OH is 2. The Morgan fingerprint density at radius 2 is 2.17 bits per heavy atom. The first kappa shape index (κ1) is 10.3. The highest BCUT2D eigenvalue weighted by Crippen LogP contribution is 2.20. The van der Waals surface area contributed by atoms with E-state index in [0.717, 1.165) is 5.75 Å². The first-order chi connectivity index (χ1) is 5.61. The summed E-state index contributed by atoms with van der Waals surface area (Å²) in [6.45, 7) is 4.47. The van der Waals surface area contributed by atoms with Gasteiger partial charge in [-0.1, -0.05) is 13.8 Å². The van der Waals surface area contributed by atoms with Crippen molar-refractivity contribution in [2.75, 3.05) is 12.4 Å². The Morgan fingerprint density at radius 3 is 2.58 bits per heavy atom. The fourth-order valence-corrected chi connectivity index (χ4v) is 1.97. The van der Waals surface area contributed by atoms with E-state index in [1.165, 1.54) is 0 Å². The van der Waals surface area contributed by atoms with Gasteiger partial charge in [-0.2, -0.15) is 11.8 Å². The zero-order valence-corrected chi connectivity index (χ0v) is 8.25. The van der Waals surface area contributed by atoms with E-state index in [1.54, 1.807) is 11.8 Å². The van der Waals surface area contributed by atoms with Gasteiger partial charge in [0.15, 0.2) is 0 Å². The molecule has 0 spiro atoms. The summed E-state index contributed by atoms with van der Waals surface area (Å²) in [6, 6.07) is 0. The minimum atomic E-state index is -0.698. The number of thioether (sulfide) groups is 1. The molecule has 3 atom stereocenters. The minimum absolute atomic E-state index is 0.188. The third kappa shape index (κ3) is 2.62. The molecule has 3 nitrogen and oxygen atoms in total. The van der Waals surface area contributed by atoms with Crippen molar-refractivity contribution >= 4 is 11.8 Å². The van der Waals surface area contributed by atoms with Crippen molar-refractivity contribution in [3.05, 3.63) is 0 Å². The minimum Gasteiger partial charge on any atom is -0.388 e. The van der Waals surface area contributed by atoms with Crippen molar-refractivity contribution in [2.24, 2.45) is 0 Å². The van der Waals surface area contributed by atoms with E-state index >= 15 is 0 Å². The van der Waals surface area contributed by atoms with E-state index in [0.29, 0.717) is 5.25 Å². The summed E-state index contributed by atoms with van der Waals surface area (Å²) in [6.07, 6.45) is -1.58. The lowest BCUT2D eigenvalue weighted by molar-refractivity contribution is 0.0337. The SMILES string of the molecule is CC(C)SCC1OCC(O)C1O. The second-order valence-corrected chi connectivity index (χ2v) is 4.92. The van der Waals surface area contributed by atoms with Gasteiger partial charge in [-0.05, 0) is 5.25 Å². The number of aliphatic hydroxyl groups is 2. The Kier molecular flexibility index (Phi) is 3.83. The predicted molar refractivity (Wildman–Crippen MR) is 49.3 cm³/mol. The lowest BCUT2D eigenvalue weighted by Crippen LogP contribution is -2.31. The average Bonchev–Trinajstić information content (AvgIpc) is 2.30. The zero-order chi connectivity index (χ0) is 9.14. The molecule has 4 heteroatoms. The van der Waals surface area contributed by atoms with Gasteiger partial charge in [0.25, 0.3) is 0 Å². The van der Waals surface area contributed by atoms with Crippen LogP contribution >= 0.6 is 11.8 Å². The molecule has 0 aromatic heterocycles. The molecule has 1 saturated heterocycles. The molecular weight excluding hydrogens is 176 g/mol. The largest absolute Gasteiger partial charge is 0.388 e. The lowest BCUT2D eigenvalue weighted by Gasteiger charge is -2.15. The van der Waals surface area contributed by atoms with E-state index in [4.69, 9.17) is 9.84 Å². The van der Waals surface area contributed by atoms with Crippen LogP contribution in [-0.4, -0.2) is 46.1 Å². The van der Waals surface area contributed by atoms with E-state index < -0.39 is 12.2 Å². The number of ether oxygens (including phenoxy) is 1. The summed E-state index contributed by atoms with van der Waals surface area (Å²) < 4.78 is 5.21. The molecule has 0 amide bonds. The van der Waals surface area contributed by atoms with Crippen LogP contribution in [0.15, 0.2) is 0 Å². The van der Waals surface area contributed by atoms with Crippen LogP contribution in [0.4, 0.5) is 0 Å². The highest BCUT2D eigenvalue weighted by atomic mass is 32.2. The molecule has 1 heterocycles. The van der Waals surface area contributed by atoms with Gasteiger partial charge in [0.2, 0.25) is 0 Å². The lowest BCUT2D eigenvalue weighted by atomic mass is 10.2. The van der Waals surface area contributed by atoms with Gasteiger partial charge in [-0.3, -0.25) is 0 Å². The van der Waals surface area contributed by atoms with Crippen molar-refractivity contribution in [2.45, 2.75) is 37.4 Å². The van der Waals surface area contributed by atoms with Gasteiger partial charge in [-0.25, -0.2) is 0 Å². The van der Waals surface area contributed by atoms with Crippen LogP contribution in [0.25, 0.3) is 0 Å². The summed E-state index contributed by atoms with van der Waals surface area (Å²) in [5, 5.41) is 19.1. The molecule has 1 rings (SSSR count). The Morgan fingerprint density at radius 1 is 1.50 bits per heavy atom. The molecular formula is C8H16O3S. The Labute approximate surface area is 77.1 Å². The molecule has 12 heavy (non-hydrogen) atoms. The maximum Gasteiger partial charge on any atom is 0.109 e. The molecule has 0 aliphatic carbocycles. The third-order valence-corrected chi connectivity index (χ3v) is 3.04. The first-order valence-electron chi connectivity index (χ1n) is 4.20. The summed E-state index contributed by atoms with van der Waals surface area (Å²) in [5.41, 5.74) is 0. The van der Waals surface area contributed by atoms with Crippen LogP contribution in [0.3, 0.4) is 0 Å². The molecule has 0 bridgehead atoms. The molecule has 0 aromatic rings. The summed E-state index contributed by atoms with van der Waals surface area (Å²) in [4.78, 5) is 0. The van der Waals surface area contributed by atoms with Crippen molar-refractivity contribution in [3.63, 3.8) is 0 Å². The second kappa shape index (κ2) is 4.46. The van der Waals surface area contributed by atoms with Crippen LogP contribution in [0.1, 0.15) is 13.8 Å². The fourth-order valence-electron chi connectivity index (χ4n) is 1.10. The number of hydrogen-bond acceptors (Lipinski definition) is 4. The fraction of sp³-hybridized carbons (Fsp3) is 1.00. The molecule has 1 fully saturated rings. The van der Waals surface area contributed by atoms with Crippen LogP contribution in [-0.2, 0) is 4.74 Å². The van der Waals surface area contributed by atoms with Gasteiger partial charge in [0.1, 0.15) is 12.2 Å². The second-order valence-electron chi connectivity index (χ2n) is 3.31. The van der Waals surface area contributed by atoms with Crippen molar-refractivity contribution in [3.8, 4) is 0 Å². The highest BCUT2D eigenvalue weighted by molar-refractivity contribution is 7.99. The van der Waals surface area contributed by atoms with E-state index in [9.17, 15) is 5.11 Å². The molecule has 3 unspecified atom stereocenters. The molecule has 1 aliphatic heterocycles. The maximum atomic E-state index is 9.38. The smallest absolute Gasteiger partial charge is 0.109 e. The normalized spacial score (nSPS) is 36.2. The molecule has 0 saturated carbocycles. The molecule has 72 valence electrons. The first-order valence-corrected chi connectivity index (χ1v) is 5.25. The van der Waals surface area contributed by atoms with Gasteiger partial charge in [0, 0.05) is 5.75 Å². The topological polar surface area (TPSA) is 49.7 Å². The highest BCUT2D eigenvalue weighted by Gasteiger charge is 2.34. The number of rotatable bonds is 3. The standard InChI is InChI=1S/C8H16O3S/c1-5(2)12-4-7-8(10)6(9)3-11-7/h5-10H,3-4H2,1-2H3. The predicted octanol–water partition coefficient (Wildman–Crippen LogP) is 0.249. The molecule has 1 aliphatic rings. The van der Waals surface area contributed by atoms with Gasteiger partial charge < -0.3 is 14.9 Å². The maximum absolute atomic E-state index is 9.38. The Balaban J connectivity index is 2.24. The zero-order valence-electron chi connectivity index (χ0n) is 7.43. The summed E-state index contributed by atoms with van der Waals surface area (Å²) in [7, 11) is 0. The van der Waals surface area contributed by atoms with Gasteiger partial charge in [0.05, 0.1) is 12.7 Å².